The molecule has 1 saturated heterocycles. The number of anilines is 1. The molecule has 0 spiro atoms. The van der Waals surface area contributed by atoms with Crippen LogP contribution in [0.4, 0.5) is 10.2 Å². The van der Waals surface area contributed by atoms with Gasteiger partial charge in [0.15, 0.2) is 0 Å². The summed E-state index contributed by atoms with van der Waals surface area (Å²) in [5.41, 5.74) is 3.05. The molecule has 2 fully saturated rings. The summed E-state index contributed by atoms with van der Waals surface area (Å²) in [7, 11) is 0. The number of nitriles is 1. The minimum absolute atomic E-state index is 0.162. The van der Waals surface area contributed by atoms with Gasteiger partial charge in [-0.05, 0) is 62.8 Å². The number of hydrogen-bond acceptors (Lipinski definition) is 4. The topological polar surface area (TPSA) is 90.2 Å². The molecule has 1 saturated carbocycles. The SMILES string of the molecule is Cc1c(C#N)c(NC(=O)CN2CCC(NC(=O)C3CCCCC3)CC2)n(Cc2ccc(F)cc2)c1C. The number of aromatic nitrogens is 1. The third kappa shape index (κ3) is 6.14. The maximum atomic E-state index is 13.3. The number of carbonyl (C=O) groups is 2. The molecule has 0 radical (unpaired) electrons. The molecule has 36 heavy (non-hydrogen) atoms. The number of piperidine rings is 1. The van der Waals surface area contributed by atoms with Crippen LogP contribution in [0.2, 0.25) is 0 Å². The lowest BCUT2D eigenvalue weighted by molar-refractivity contribution is -0.127. The number of nitrogens with zero attached hydrogens (tertiary/aromatic N) is 3. The van der Waals surface area contributed by atoms with Crippen molar-refractivity contribution >= 4 is 17.6 Å². The van der Waals surface area contributed by atoms with E-state index in [4.69, 9.17) is 0 Å². The number of likely N-dealkylation sites (tertiary alicyclic amines) is 1. The van der Waals surface area contributed by atoms with Gasteiger partial charge >= 0.3 is 0 Å². The third-order valence-corrected chi connectivity index (χ3v) is 7.73. The van der Waals surface area contributed by atoms with Crippen LogP contribution in [-0.4, -0.2) is 47.0 Å². The van der Waals surface area contributed by atoms with Crippen molar-refractivity contribution in [1.82, 2.24) is 14.8 Å². The van der Waals surface area contributed by atoms with Crippen molar-refractivity contribution in [3.8, 4) is 6.07 Å². The quantitative estimate of drug-likeness (QED) is 0.603. The van der Waals surface area contributed by atoms with Crippen LogP contribution in [0, 0.1) is 36.9 Å². The maximum absolute atomic E-state index is 13.3. The summed E-state index contributed by atoms with van der Waals surface area (Å²) < 4.78 is 15.2. The minimum Gasteiger partial charge on any atom is -0.353 e. The first-order valence-electron chi connectivity index (χ1n) is 13.0. The van der Waals surface area contributed by atoms with Crippen LogP contribution in [-0.2, 0) is 16.1 Å². The zero-order chi connectivity index (χ0) is 25.7. The summed E-state index contributed by atoms with van der Waals surface area (Å²) in [5, 5.41) is 16.0. The molecule has 192 valence electrons. The molecule has 1 aromatic carbocycles. The average Bonchev–Trinajstić information content (AvgIpc) is 3.10. The highest BCUT2D eigenvalue weighted by Crippen LogP contribution is 2.28. The number of halogens is 1. The van der Waals surface area contributed by atoms with Crippen LogP contribution in [0.3, 0.4) is 0 Å². The molecule has 2 aliphatic rings. The van der Waals surface area contributed by atoms with Crippen molar-refractivity contribution in [1.29, 1.82) is 5.26 Å². The van der Waals surface area contributed by atoms with Gasteiger partial charge in [-0.15, -0.1) is 0 Å². The van der Waals surface area contributed by atoms with E-state index < -0.39 is 0 Å². The molecule has 1 aliphatic carbocycles. The van der Waals surface area contributed by atoms with Gasteiger partial charge in [0.1, 0.15) is 17.7 Å². The zero-order valence-corrected chi connectivity index (χ0v) is 21.3. The molecule has 7 nitrogen and oxygen atoms in total. The van der Waals surface area contributed by atoms with Crippen molar-refractivity contribution in [2.75, 3.05) is 25.0 Å². The second-order valence-corrected chi connectivity index (χ2v) is 10.2. The first kappa shape index (κ1) is 25.9. The van der Waals surface area contributed by atoms with Crippen LogP contribution in [0.15, 0.2) is 24.3 Å². The molecular weight excluding hydrogens is 457 g/mol. The summed E-state index contributed by atoms with van der Waals surface area (Å²) in [5.74, 6) is 0.366. The van der Waals surface area contributed by atoms with E-state index in [2.05, 4.69) is 21.6 Å². The van der Waals surface area contributed by atoms with Crippen LogP contribution in [0.25, 0.3) is 0 Å². The van der Waals surface area contributed by atoms with E-state index in [0.717, 1.165) is 68.4 Å². The van der Waals surface area contributed by atoms with E-state index in [1.54, 1.807) is 12.1 Å². The minimum atomic E-state index is -0.303. The fourth-order valence-corrected chi connectivity index (χ4v) is 5.39. The molecule has 1 aromatic heterocycles. The molecule has 2 N–H and O–H groups in total. The maximum Gasteiger partial charge on any atom is 0.239 e. The van der Waals surface area contributed by atoms with Gasteiger partial charge in [-0.2, -0.15) is 5.26 Å². The number of amides is 2. The van der Waals surface area contributed by atoms with Gasteiger partial charge in [0, 0.05) is 37.3 Å². The second kappa shape index (κ2) is 11.7. The van der Waals surface area contributed by atoms with E-state index >= 15 is 0 Å². The van der Waals surface area contributed by atoms with Crippen LogP contribution in [0.1, 0.15) is 67.3 Å². The molecule has 2 heterocycles. The summed E-state index contributed by atoms with van der Waals surface area (Å²) in [4.78, 5) is 27.6. The first-order chi connectivity index (χ1) is 17.4. The molecule has 4 rings (SSSR count). The molecule has 2 amide bonds. The Kier molecular flexibility index (Phi) is 8.42. The molecule has 0 unspecified atom stereocenters. The predicted molar refractivity (Wildman–Crippen MR) is 137 cm³/mol. The van der Waals surface area contributed by atoms with E-state index in [-0.39, 0.29) is 36.1 Å². The number of hydrogen-bond donors (Lipinski definition) is 2. The Morgan fingerprint density at radius 1 is 1.06 bits per heavy atom. The van der Waals surface area contributed by atoms with Gasteiger partial charge in [-0.25, -0.2) is 4.39 Å². The number of rotatable bonds is 7. The Morgan fingerprint density at radius 3 is 2.36 bits per heavy atom. The van der Waals surface area contributed by atoms with Gasteiger partial charge in [0.05, 0.1) is 12.1 Å². The van der Waals surface area contributed by atoms with Gasteiger partial charge in [0.2, 0.25) is 11.8 Å². The number of nitrogens with one attached hydrogen (secondary N) is 2. The van der Waals surface area contributed by atoms with Gasteiger partial charge in [-0.3, -0.25) is 14.5 Å². The molecule has 1 aliphatic heterocycles. The smallest absolute Gasteiger partial charge is 0.239 e. The summed E-state index contributed by atoms with van der Waals surface area (Å²) >= 11 is 0. The highest BCUT2D eigenvalue weighted by atomic mass is 19.1. The van der Waals surface area contributed by atoms with E-state index in [1.807, 2.05) is 18.4 Å². The lowest BCUT2D eigenvalue weighted by Gasteiger charge is -2.33. The monoisotopic (exact) mass is 493 g/mol. The van der Waals surface area contributed by atoms with Gasteiger partial charge in [0.25, 0.3) is 0 Å². The number of benzene rings is 1. The van der Waals surface area contributed by atoms with E-state index in [1.165, 1.54) is 18.6 Å². The highest BCUT2D eigenvalue weighted by molar-refractivity contribution is 5.93. The lowest BCUT2D eigenvalue weighted by Crippen LogP contribution is -2.48. The zero-order valence-electron chi connectivity index (χ0n) is 21.3. The normalized spacial score (nSPS) is 17.5. The van der Waals surface area contributed by atoms with E-state index in [0.29, 0.717) is 17.9 Å². The molecule has 0 bridgehead atoms. The van der Waals surface area contributed by atoms with Crippen molar-refractivity contribution in [3.05, 3.63) is 52.5 Å². The Morgan fingerprint density at radius 2 is 1.72 bits per heavy atom. The second-order valence-electron chi connectivity index (χ2n) is 10.2. The van der Waals surface area contributed by atoms with Crippen LogP contribution >= 0.6 is 0 Å². The average molecular weight is 494 g/mol. The fraction of sp³-hybridized carbons (Fsp3) is 0.536. The molecule has 8 heteroatoms. The summed E-state index contributed by atoms with van der Waals surface area (Å²) in [6, 6.07) is 8.63. The standard InChI is InChI=1S/C28H36FN5O2/c1-19-20(2)34(17-21-8-10-23(29)11-9-21)27(25(19)16-30)32-26(35)18-33-14-12-24(13-15-33)31-28(36)22-6-4-3-5-7-22/h8-11,22,24H,3-7,12-15,17-18H2,1-2H3,(H,31,36)(H,32,35). The Bertz CT molecular complexity index is 1120. The Balaban J connectivity index is 1.34. The van der Waals surface area contributed by atoms with Crippen molar-refractivity contribution < 1.29 is 14.0 Å². The molecule has 0 atom stereocenters. The first-order valence-corrected chi connectivity index (χ1v) is 13.0. The van der Waals surface area contributed by atoms with Crippen molar-refractivity contribution in [2.24, 2.45) is 5.92 Å². The Hall–Kier alpha value is -3.18. The molecular formula is C28H36FN5O2. The summed E-state index contributed by atoms with van der Waals surface area (Å²) in [6.07, 6.45) is 7.17. The number of carbonyl (C=O) groups excluding carboxylic acids is 2. The van der Waals surface area contributed by atoms with Gasteiger partial charge in [-0.1, -0.05) is 31.4 Å². The van der Waals surface area contributed by atoms with Crippen LogP contribution in [0.5, 0.6) is 0 Å². The fourth-order valence-electron chi connectivity index (χ4n) is 5.39. The third-order valence-electron chi connectivity index (χ3n) is 7.73. The lowest BCUT2D eigenvalue weighted by atomic mass is 9.88. The highest BCUT2D eigenvalue weighted by Gasteiger charge is 2.27. The largest absolute Gasteiger partial charge is 0.353 e. The summed E-state index contributed by atoms with van der Waals surface area (Å²) in [6.45, 7) is 5.93. The van der Waals surface area contributed by atoms with Crippen molar-refractivity contribution in [2.45, 2.75) is 71.4 Å². The molecule has 2 aromatic rings. The Labute approximate surface area is 212 Å². The van der Waals surface area contributed by atoms with Gasteiger partial charge < -0.3 is 15.2 Å². The predicted octanol–water partition coefficient (Wildman–Crippen LogP) is 4.26. The van der Waals surface area contributed by atoms with E-state index in [9.17, 15) is 19.2 Å². The van der Waals surface area contributed by atoms with Crippen molar-refractivity contribution in [3.63, 3.8) is 0 Å². The van der Waals surface area contributed by atoms with Crippen LogP contribution < -0.4 is 10.6 Å².